The van der Waals surface area contributed by atoms with Gasteiger partial charge in [0.05, 0.1) is 29.8 Å². The average molecular weight is 599 g/mol. The van der Waals surface area contributed by atoms with Crippen molar-refractivity contribution in [3.8, 4) is 0 Å². The fourth-order valence-electron chi connectivity index (χ4n) is 5.11. The molecule has 0 aromatic heterocycles. The molecule has 0 amide bonds. The van der Waals surface area contributed by atoms with E-state index < -0.39 is 78.3 Å². The first-order chi connectivity index (χ1) is 19.5. The Morgan fingerprint density at radius 1 is 0.667 bits per heavy atom. The second-order valence-corrected chi connectivity index (χ2v) is 13.5. The van der Waals surface area contributed by atoms with Crippen LogP contribution in [0.2, 0.25) is 0 Å². The van der Waals surface area contributed by atoms with E-state index in [4.69, 9.17) is 28.4 Å². The lowest BCUT2D eigenvalue weighted by Crippen LogP contribution is -2.64. The quantitative estimate of drug-likeness (QED) is 0.222. The van der Waals surface area contributed by atoms with Crippen molar-refractivity contribution < 1.29 is 47.6 Å². The first-order valence-electron chi connectivity index (χ1n) is 15.6. The van der Waals surface area contributed by atoms with Crippen LogP contribution in [0.1, 0.15) is 95.4 Å². The van der Waals surface area contributed by atoms with Gasteiger partial charge in [-0.25, -0.2) is 0 Å². The third-order valence-electron chi connectivity index (χ3n) is 7.89. The first kappa shape index (κ1) is 36.0. The molecule has 42 heavy (non-hydrogen) atoms. The van der Waals surface area contributed by atoms with E-state index in [2.05, 4.69) is 20.8 Å². The molecule has 2 aliphatic rings. The highest BCUT2D eigenvalue weighted by Crippen LogP contribution is 2.39. The molecule has 10 heteroatoms. The van der Waals surface area contributed by atoms with Crippen LogP contribution < -0.4 is 0 Å². The summed E-state index contributed by atoms with van der Waals surface area (Å²) < 4.78 is 36.3. The minimum atomic E-state index is -1.26. The summed E-state index contributed by atoms with van der Waals surface area (Å²) in [6.07, 6.45) is -3.29. The first-order valence-corrected chi connectivity index (χ1v) is 15.6. The van der Waals surface area contributed by atoms with Crippen LogP contribution in [0, 0.1) is 41.4 Å². The topological polar surface area (TPSA) is 124 Å². The van der Waals surface area contributed by atoms with Crippen LogP contribution in [0.4, 0.5) is 0 Å². The van der Waals surface area contributed by atoms with E-state index >= 15 is 0 Å². The molecule has 0 bridgehead atoms. The molecule has 1 saturated heterocycles. The molecular formula is C32H54O10. The van der Waals surface area contributed by atoms with E-state index in [0.29, 0.717) is 11.8 Å². The van der Waals surface area contributed by atoms with E-state index in [1.807, 2.05) is 0 Å². The van der Waals surface area contributed by atoms with Gasteiger partial charge in [-0.3, -0.25) is 19.2 Å². The Balaban J connectivity index is 2.60. The summed E-state index contributed by atoms with van der Waals surface area (Å²) in [6.45, 7) is 19.7. The van der Waals surface area contributed by atoms with Gasteiger partial charge in [-0.1, -0.05) is 82.6 Å². The fraction of sp³-hybridized carbons (Fsp3) is 0.875. The van der Waals surface area contributed by atoms with Crippen molar-refractivity contribution in [3.05, 3.63) is 0 Å². The second-order valence-electron chi connectivity index (χ2n) is 13.5. The lowest BCUT2D eigenvalue weighted by atomic mass is 9.75. The number of carbonyl (C=O) groups excluding carboxylic acids is 4. The van der Waals surface area contributed by atoms with Crippen LogP contribution in [0.3, 0.4) is 0 Å². The minimum absolute atomic E-state index is 0.214. The number of hydrogen-bond donors (Lipinski definition) is 0. The second kappa shape index (κ2) is 16.0. The van der Waals surface area contributed by atoms with E-state index in [9.17, 15) is 19.2 Å². The molecule has 2 rings (SSSR count). The van der Waals surface area contributed by atoms with Crippen molar-refractivity contribution in [3.63, 3.8) is 0 Å². The molecule has 1 heterocycles. The summed E-state index contributed by atoms with van der Waals surface area (Å²) >= 11 is 0. The van der Waals surface area contributed by atoms with Crippen LogP contribution in [-0.4, -0.2) is 67.3 Å². The van der Waals surface area contributed by atoms with Crippen molar-refractivity contribution in [2.45, 2.75) is 132 Å². The third kappa shape index (κ3) is 9.93. The van der Waals surface area contributed by atoms with Gasteiger partial charge >= 0.3 is 23.9 Å². The summed E-state index contributed by atoms with van der Waals surface area (Å²) in [4.78, 5) is 51.3. The van der Waals surface area contributed by atoms with Gasteiger partial charge in [-0.2, -0.15) is 0 Å². The van der Waals surface area contributed by atoms with Crippen LogP contribution in [0.5, 0.6) is 0 Å². The maximum absolute atomic E-state index is 13.0. The molecular weight excluding hydrogens is 544 g/mol. The van der Waals surface area contributed by atoms with Crippen molar-refractivity contribution in [1.29, 1.82) is 0 Å². The number of esters is 4. The molecule has 0 aromatic carbocycles. The molecule has 2 fully saturated rings. The van der Waals surface area contributed by atoms with Gasteiger partial charge in [0.15, 0.2) is 24.6 Å². The maximum atomic E-state index is 13.0. The molecule has 0 spiro atoms. The minimum Gasteiger partial charge on any atom is -0.463 e. The van der Waals surface area contributed by atoms with Gasteiger partial charge in [-0.05, 0) is 30.6 Å². The third-order valence-corrected chi connectivity index (χ3v) is 7.89. The Hall–Kier alpha value is -2.20. The average Bonchev–Trinajstić information content (AvgIpc) is 2.89. The van der Waals surface area contributed by atoms with Crippen molar-refractivity contribution >= 4 is 23.9 Å². The predicted octanol–water partition coefficient (Wildman–Crippen LogP) is 5.09. The van der Waals surface area contributed by atoms with Crippen molar-refractivity contribution in [1.82, 2.24) is 0 Å². The monoisotopic (exact) mass is 598 g/mol. The SMILES string of the molecule is CC(C)C(=O)OC[C@@H]1O[C@@H](O[C@@H]2C[C@@H](C)CC[C@H]2C(C)C)[C@H](OC(=O)C(C)C)[C@H](OC(=O)C(C)C)[C@H]1OC(=O)C(C)C. The summed E-state index contributed by atoms with van der Waals surface area (Å²) in [5, 5.41) is 0. The molecule has 242 valence electrons. The molecule has 1 saturated carbocycles. The van der Waals surface area contributed by atoms with Gasteiger partial charge in [-0.15, -0.1) is 0 Å². The summed E-state index contributed by atoms with van der Waals surface area (Å²) in [6, 6.07) is 0. The molecule has 1 aliphatic heterocycles. The zero-order valence-corrected chi connectivity index (χ0v) is 27.4. The molecule has 8 atom stereocenters. The number of carbonyl (C=O) groups is 4. The molecule has 0 aromatic rings. The molecule has 1 aliphatic carbocycles. The van der Waals surface area contributed by atoms with Gasteiger partial charge in [0.2, 0.25) is 0 Å². The molecule has 10 nitrogen and oxygen atoms in total. The fourth-order valence-corrected chi connectivity index (χ4v) is 5.11. The predicted molar refractivity (Wildman–Crippen MR) is 155 cm³/mol. The number of ether oxygens (including phenoxy) is 6. The zero-order chi connectivity index (χ0) is 31.9. The summed E-state index contributed by atoms with van der Waals surface area (Å²) in [5.74, 6) is -3.07. The molecule has 0 radical (unpaired) electrons. The molecule has 0 unspecified atom stereocenters. The van der Waals surface area contributed by atoms with E-state index in [-0.39, 0.29) is 18.6 Å². The van der Waals surface area contributed by atoms with Gasteiger partial charge in [0, 0.05) is 0 Å². The Morgan fingerprint density at radius 3 is 1.62 bits per heavy atom. The Kier molecular flexibility index (Phi) is 13.7. The van der Waals surface area contributed by atoms with Crippen LogP contribution in [0.15, 0.2) is 0 Å². The Morgan fingerprint density at radius 2 is 1.14 bits per heavy atom. The lowest BCUT2D eigenvalue weighted by molar-refractivity contribution is -0.325. The smallest absolute Gasteiger partial charge is 0.308 e. The number of hydrogen-bond acceptors (Lipinski definition) is 10. The van der Waals surface area contributed by atoms with Crippen LogP contribution in [0.25, 0.3) is 0 Å². The van der Waals surface area contributed by atoms with Crippen molar-refractivity contribution in [2.24, 2.45) is 41.4 Å². The van der Waals surface area contributed by atoms with E-state index in [1.165, 1.54) is 0 Å². The Bertz CT molecular complexity index is 911. The van der Waals surface area contributed by atoms with Gasteiger partial charge in [0.1, 0.15) is 12.7 Å². The van der Waals surface area contributed by atoms with Gasteiger partial charge < -0.3 is 28.4 Å². The largest absolute Gasteiger partial charge is 0.463 e. The highest BCUT2D eigenvalue weighted by atomic mass is 16.7. The maximum Gasteiger partial charge on any atom is 0.308 e. The standard InChI is InChI=1S/C32H54O10/c1-16(2)22-13-12-21(11)14-23(22)38-32-27(42-31(36)20(9)10)26(41-30(35)19(7)8)25(40-29(34)18(5)6)24(39-32)15-37-28(33)17(3)4/h16-27,32H,12-15H2,1-11H3/t21-,22-,23+,24-,25-,26+,27+,32+/m0/s1. The number of rotatable bonds is 12. The summed E-state index contributed by atoms with van der Waals surface area (Å²) in [5.41, 5.74) is 0. The zero-order valence-electron chi connectivity index (χ0n) is 27.4. The normalized spacial score (nSPS) is 30.1. The Labute approximate surface area is 251 Å². The van der Waals surface area contributed by atoms with Crippen molar-refractivity contribution in [2.75, 3.05) is 6.61 Å². The highest BCUT2D eigenvalue weighted by Gasteiger charge is 2.54. The summed E-state index contributed by atoms with van der Waals surface area (Å²) in [7, 11) is 0. The molecule has 0 N–H and O–H groups in total. The highest BCUT2D eigenvalue weighted by molar-refractivity contribution is 5.74. The van der Waals surface area contributed by atoms with Crippen LogP contribution >= 0.6 is 0 Å². The van der Waals surface area contributed by atoms with Crippen LogP contribution in [-0.2, 0) is 47.6 Å². The van der Waals surface area contributed by atoms with E-state index in [1.54, 1.807) is 55.4 Å². The lowest BCUT2D eigenvalue weighted by Gasteiger charge is -2.47. The van der Waals surface area contributed by atoms with Gasteiger partial charge in [0.25, 0.3) is 0 Å². The van der Waals surface area contributed by atoms with E-state index in [0.717, 1.165) is 19.3 Å².